The van der Waals surface area contributed by atoms with E-state index in [1.165, 1.54) is 11.3 Å². The van der Waals surface area contributed by atoms with E-state index in [1.807, 2.05) is 36.4 Å². The summed E-state index contributed by atoms with van der Waals surface area (Å²) in [4.78, 5) is 20.5. The Bertz CT molecular complexity index is 799. The van der Waals surface area contributed by atoms with E-state index in [1.54, 1.807) is 6.07 Å². The lowest BCUT2D eigenvalue weighted by Crippen LogP contribution is -2.06. The molecule has 3 nitrogen and oxygen atoms in total. The van der Waals surface area contributed by atoms with Crippen LogP contribution in [0.3, 0.4) is 0 Å². The van der Waals surface area contributed by atoms with Crippen LogP contribution < -0.4 is 5.56 Å². The monoisotopic (exact) mass is 286 g/mol. The summed E-state index contributed by atoms with van der Waals surface area (Å²) in [7, 11) is 0. The minimum absolute atomic E-state index is 0.206. The molecular weight excluding hydrogens is 276 g/mol. The molecule has 19 heavy (non-hydrogen) atoms. The number of aromatic nitrogens is 2. The van der Waals surface area contributed by atoms with E-state index in [2.05, 4.69) is 22.6 Å². The van der Waals surface area contributed by atoms with Crippen LogP contribution in [-0.4, -0.2) is 9.97 Å². The third-order valence-electron chi connectivity index (χ3n) is 2.72. The minimum atomic E-state index is -0.206. The third-order valence-corrected chi connectivity index (χ3v) is 4.11. The maximum atomic E-state index is 12.0. The number of pyridine rings is 1. The Labute approximate surface area is 119 Å². The molecule has 0 aliphatic carbocycles. The van der Waals surface area contributed by atoms with Gasteiger partial charge in [-0.15, -0.1) is 11.3 Å². The van der Waals surface area contributed by atoms with Crippen LogP contribution in [0.15, 0.2) is 47.3 Å². The standard InChI is InChI=1S/C14H10N2OS2/c17-13-10-5-1-2-7-12(10)19-14(16-13)11-6-3-4-9(8-18)15-11/h1-7,18H,8H2. The van der Waals surface area contributed by atoms with Gasteiger partial charge in [0, 0.05) is 10.5 Å². The molecule has 0 unspecified atom stereocenters. The van der Waals surface area contributed by atoms with E-state index in [4.69, 9.17) is 0 Å². The second-order valence-corrected chi connectivity index (χ2v) is 5.34. The van der Waals surface area contributed by atoms with Crippen molar-refractivity contribution in [2.24, 2.45) is 0 Å². The van der Waals surface area contributed by atoms with Gasteiger partial charge < -0.3 is 0 Å². The quantitative estimate of drug-likeness (QED) is 0.736. The fourth-order valence-corrected chi connectivity index (χ4v) is 2.95. The van der Waals surface area contributed by atoms with Crippen molar-refractivity contribution < 1.29 is 0 Å². The first-order chi connectivity index (χ1) is 9.28. The van der Waals surface area contributed by atoms with E-state index in [0.717, 1.165) is 16.1 Å². The number of rotatable bonds is 2. The normalized spacial score (nSPS) is 10.8. The van der Waals surface area contributed by atoms with Crippen LogP contribution in [0, 0.1) is 0 Å². The highest BCUT2D eigenvalue weighted by Crippen LogP contribution is 2.24. The van der Waals surface area contributed by atoms with Gasteiger partial charge in [0.15, 0.2) is 0 Å². The van der Waals surface area contributed by atoms with Crippen molar-refractivity contribution in [1.29, 1.82) is 0 Å². The van der Waals surface area contributed by atoms with Crippen molar-refractivity contribution in [1.82, 2.24) is 9.97 Å². The first kappa shape index (κ1) is 12.3. The first-order valence-corrected chi connectivity index (χ1v) is 7.20. The minimum Gasteiger partial charge on any atom is -0.267 e. The molecule has 0 saturated heterocycles. The van der Waals surface area contributed by atoms with Crippen LogP contribution in [0.1, 0.15) is 5.69 Å². The maximum Gasteiger partial charge on any atom is 0.279 e. The van der Waals surface area contributed by atoms with Crippen LogP contribution in [0.2, 0.25) is 0 Å². The molecule has 0 atom stereocenters. The maximum absolute atomic E-state index is 12.0. The van der Waals surface area contributed by atoms with Gasteiger partial charge >= 0.3 is 0 Å². The average molecular weight is 286 g/mol. The molecule has 1 aromatic carbocycles. The topological polar surface area (TPSA) is 42.9 Å². The number of hydrogen-bond acceptors (Lipinski definition) is 5. The first-order valence-electron chi connectivity index (χ1n) is 5.75. The molecule has 0 N–H and O–H groups in total. The Morgan fingerprint density at radius 3 is 2.74 bits per heavy atom. The summed E-state index contributed by atoms with van der Waals surface area (Å²) in [5, 5.41) is 1.30. The Hall–Kier alpha value is -1.72. The molecule has 0 saturated carbocycles. The molecule has 2 heterocycles. The summed E-state index contributed by atoms with van der Waals surface area (Å²) in [5.74, 6) is 0.566. The van der Waals surface area contributed by atoms with Crippen LogP contribution in [0.5, 0.6) is 0 Å². The van der Waals surface area contributed by atoms with Crippen molar-refractivity contribution in [3.05, 3.63) is 58.5 Å². The summed E-state index contributed by atoms with van der Waals surface area (Å²) < 4.78 is 0.926. The Kier molecular flexibility index (Phi) is 3.31. The molecular formula is C14H10N2OS2. The van der Waals surface area contributed by atoms with Crippen LogP contribution in [0.4, 0.5) is 0 Å². The molecule has 0 bridgehead atoms. The van der Waals surface area contributed by atoms with Crippen LogP contribution >= 0.6 is 24.0 Å². The molecule has 0 amide bonds. The number of benzene rings is 1. The van der Waals surface area contributed by atoms with Gasteiger partial charge in [-0.2, -0.15) is 17.6 Å². The van der Waals surface area contributed by atoms with Crippen molar-refractivity contribution in [3.8, 4) is 10.7 Å². The van der Waals surface area contributed by atoms with Gasteiger partial charge in [-0.1, -0.05) is 18.2 Å². The second kappa shape index (κ2) is 5.11. The molecule has 2 aromatic heterocycles. The van der Waals surface area contributed by atoms with Crippen LogP contribution in [0.25, 0.3) is 20.8 Å². The van der Waals surface area contributed by atoms with Gasteiger partial charge in [0.25, 0.3) is 5.56 Å². The second-order valence-electron chi connectivity index (χ2n) is 3.99. The van der Waals surface area contributed by atoms with E-state index in [0.29, 0.717) is 16.1 Å². The SMILES string of the molecule is O=c1nc(-c2cccc(CS)n2)sc2ccccc12. The number of nitrogens with zero attached hydrogens (tertiary/aromatic N) is 2. The number of thiol groups is 1. The summed E-state index contributed by atoms with van der Waals surface area (Å²) in [6.45, 7) is 0. The molecule has 3 rings (SSSR count). The molecule has 0 radical (unpaired) electrons. The van der Waals surface area contributed by atoms with Gasteiger partial charge in [-0.25, -0.2) is 4.98 Å². The van der Waals surface area contributed by atoms with Crippen molar-refractivity contribution >= 4 is 34.1 Å². The van der Waals surface area contributed by atoms with Gasteiger partial charge in [0.05, 0.1) is 16.8 Å². The molecule has 5 heteroatoms. The lowest BCUT2D eigenvalue weighted by molar-refractivity contribution is 1.17. The van der Waals surface area contributed by atoms with Crippen molar-refractivity contribution in [3.63, 3.8) is 0 Å². The zero-order valence-electron chi connectivity index (χ0n) is 9.91. The summed E-state index contributed by atoms with van der Waals surface area (Å²) in [5.41, 5.74) is 1.39. The molecule has 0 spiro atoms. The van der Waals surface area contributed by atoms with E-state index < -0.39 is 0 Å². The molecule has 0 aliphatic rings. The molecule has 0 fully saturated rings. The van der Waals surface area contributed by atoms with Gasteiger partial charge in [0.2, 0.25) is 0 Å². The summed E-state index contributed by atoms with van der Waals surface area (Å²) in [6, 6.07) is 13.1. The van der Waals surface area contributed by atoms with Gasteiger partial charge in [-0.3, -0.25) is 4.79 Å². The zero-order valence-corrected chi connectivity index (χ0v) is 11.6. The van der Waals surface area contributed by atoms with E-state index in [-0.39, 0.29) is 5.56 Å². The number of hydrogen-bond donors (Lipinski definition) is 1. The summed E-state index contributed by atoms with van der Waals surface area (Å²) >= 11 is 5.68. The van der Waals surface area contributed by atoms with Crippen molar-refractivity contribution in [2.75, 3.05) is 0 Å². The highest BCUT2D eigenvalue weighted by molar-refractivity contribution is 7.79. The fraction of sp³-hybridized carbons (Fsp3) is 0.0714. The smallest absolute Gasteiger partial charge is 0.267 e. The fourth-order valence-electron chi connectivity index (χ4n) is 1.81. The molecule has 94 valence electrons. The Morgan fingerprint density at radius 2 is 1.89 bits per heavy atom. The Balaban J connectivity index is 2.22. The largest absolute Gasteiger partial charge is 0.279 e. The van der Waals surface area contributed by atoms with E-state index in [9.17, 15) is 4.79 Å². The van der Waals surface area contributed by atoms with Crippen molar-refractivity contribution in [2.45, 2.75) is 5.75 Å². The number of fused-ring (bicyclic) bond motifs is 1. The lowest BCUT2D eigenvalue weighted by Gasteiger charge is -2.02. The highest BCUT2D eigenvalue weighted by Gasteiger charge is 2.07. The average Bonchev–Trinajstić information content (AvgIpc) is 2.47. The zero-order chi connectivity index (χ0) is 13.2. The molecule has 0 aliphatic heterocycles. The predicted octanol–water partition coefficient (Wildman–Crippen LogP) is 3.15. The van der Waals surface area contributed by atoms with Gasteiger partial charge in [-0.05, 0) is 24.3 Å². The van der Waals surface area contributed by atoms with Gasteiger partial charge in [0.1, 0.15) is 5.01 Å². The third kappa shape index (κ3) is 2.39. The van der Waals surface area contributed by atoms with E-state index >= 15 is 0 Å². The molecule has 3 aromatic rings. The Morgan fingerprint density at radius 1 is 1.05 bits per heavy atom. The van der Waals surface area contributed by atoms with Crippen LogP contribution in [-0.2, 0) is 5.75 Å². The summed E-state index contributed by atoms with van der Waals surface area (Å²) in [6.07, 6.45) is 0. The highest BCUT2D eigenvalue weighted by atomic mass is 32.1. The lowest BCUT2D eigenvalue weighted by atomic mass is 10.3. The predicted molar refractivity (Wildman–Crippen MR) is 81.8 cm³/mol.